The zero-order valence-electron chi connectivity index (χ0n) is 11.9. The summed E-state index contributed by atoms with van der Waals surface area (Å²) in [5.41, 5.74) is 4.74. The molecule has 1 fully saturated rings. The molecule has 0 aromatic carbocycles. The molecule has 0 radical (unpaired) electrons. The maximum Gasteiger partial charge on any atom is 0.154 e. The summed E-state index contributed by atoms with van der Waals surface area (Å²) in [5.74, 6) is 5.86. The molecule has 0 saturated carbocycles. The van der Waals surface area contributed by atoms with E-state index in [0.29, 0.717) is 12.8 Å². The molecule has 112 valence electrons. The lowest BCUT2D eigenvalue weighted by Gasteiger charge is -2.29. The summed E-state index contributed by atoms with van der Waals surface area (Å²) in [4.78, 5) is 4.39. The number of aromatic nitrogens is 1. The fourth-order valence-corrected chi connectivity index (χ4v) is 4.85. The summed E-state index contributed by atoms with van der Waals surface area (Å²) in [7, 11) is -3.04. The molecule has 5 nitrogen and oxygen atoms in total. The molecule has 2 rings (SSSR count). The Hall–Kier alpha value is -0.980. The first kappa shape index (κ1) is 15.4. The van der Waals surface area contributed by atoms with Crippen molar-refractivity contribution < 1.29 is 8.42 Å². The number of nitrogens with zero attached hydrogens (tertiary/aromatic N) is 1. The Labute approximate surface area is 120 Å². The van der Waals surface area contributed by atoms with E-state index < -0.39 is 15.1 Å². The molecule has 1 aromatic rings. The molecule has 0 aliphatic carbocycles. The van der Waals surface area contributed by atoms with E-state index in [1.807, 2.05) is 18.3 Å². The van der Waals surface area contributed by atoms with Gasteiger partial charge in [-0.3, -0.25) is 16.3 Å². The van der Waals surface area contributed by atoms with Gasteiger partial charge in [0.1, 0.15) is 0 Å². The molecule has 20 heavy (non-hydrogen) atoms. The van der Waals surface area contributed by atoms with Gasteiger partial charge in [-0.05, 0) is 30.9 Å². The number of hydrogen-bond acceptors (Lipinski definition) is 5. The van der Waals surface area contributed by atoms with Gasteiger partial charge >= 0.3 is 0 Å². The van der Waals surface area contributed by atoms with Crippen molar-refractivity contribution in [1.29, 1.82) is 0 Å². The normalized spacial score (nSPS) is 23.4. The standard InChI is InChI=1S/C14H23N3O2S/c1-2-11-6-7-12(16-10-11)9-13(17-15)14-5-3-4-8-20(14,18)19/h6-7,10,13-14,17H,2-5,8-9,15H2,1H3. The maximum absolute atomic E-state index is 12.2. The summed E-state index contributed by atoms with van der Waals surface area (Å²) in [5, 5.41) is -0.395. The van der Waals surface area contributed by atoms with Crippen LogP contribution >= 0.6 is 0 Å². The van der Waals surface area contributed by atoms with Crippen LogP contribution in [0.3, 0.4) is 0 Å². The average molecular weight is 297 g/mol. The largest absolute Gasteiger partial charge is 0.271 e. The van der Waals surface area contributed by atoms with E-state index in [4.69, 9.17) is 5.84 Å². The number of hydrogen-bond donors (Lipinski definition) is 2. The zero-order valence-corrected chi connectivity index (χ0v) is 12.7. The lowest BCUT2D eigenvalue weighted by molar-refractivity contribution is 0.438. The minimum absolute atomic E-state index is 0.264. The molecule has 2 atom stereocenters. The molecule has 1 aromatic heterocycles. The lowest BCUT2D eigenvalue weighted by Crippen LogP contribution is -2.50. The maximum atomic E-state index is 12.2. The smallest absolute Gasteiger partial charge is 0.154 e. The van der Waals surface area contributed by atoms with Crippen LogP contribution in [0.1, 0.15) is 37.4 Å². The van der Waals surface area contributed by atoms with Crippen molar-refractivity contribution in [2.24, 2.45) is 5.84 Å². The first-order valence-corrected chi connectivity index (χ1v) is 8.90. The predicted molar refractivity (Wildman–Crippen MR) is 79.9 cm³/mol. The second-order valence-corrected chi connectivity index (χ2v) is 7.73. The van der Waals surface area contributed by atoms with Gasteiger partial charge in [0.25, 0.3) is 0 Å². The number of nitrogens with two attached hydrogens (primary N) is 1. The first-order valence-electron chi connectivity index (χ1n) is 7.18. The van der Waals surface area contributed by atoms with Gasteiger partial charge in [0, 0.05) is 24.4 Å². The fraction of sp³-hybridized carbons (Fsp3) is 0.643. The monoisotopic (exact) mass is 297 g/mol. The van der Waals surface area contributed by atoms with Gasteiger partial charge in [-0.15, -0.1) is 0 Å². The third-order valence-electron chi connectivity index (χ3n) is 4.01. The SMILES string of the molecule is CCc1ccc(CC(NN)C2CCCCS2(=O)=O)nc1. The van der Waals surface area contributed by atoms with Crippen LogP contribution in [0.2, 0.25) is 0 Å². The molecule has 0 amide bonds. The molecule has 6 heteroatoms. The van der Waals surface area contributed by atoms with Crippen molar-refractivity contribution in [3.8, 4) is 0 Å². The van der Waals surface area contributed by atoms with Crippen LogP contribution in [0.15, 0.2) is 18.3 Å². The van der Waals surface area contributed by atoms with Crippen LogP contribution in [0, 0.1) is 0 Å². The minimum Gasteiger partial charge on any atom is -0.271 e. The topological polar surface area (TPSA) is 85.1 Å². The van der Waals surface area contributed by atoms with Crippen LogP contribution in [0.5, 0.6) is 0 Å². The van der Waals surface area contributed by atoms with E-state index in [1.54, 1.807) is 0 Å². The molecular formula is C14H23N3O2S. The van der Waals surface area contributed by atoms with Crippen molar-refractivity contribution in [3.05, 3.63) is 29.6 Å². The predicted octanol–water partition coefficient (Wildman–Crippen LogP) is 0.986. The van der Waals surface area contributed by atoms with Gasteiger partial charge in [-0.1, -0.05) is 19.4 Å². The van der Waals surface area contributed by atoms with Gasteiger partial charge in [-0.2, -0.15) is 0 Å². The van der Waals surface area contributed by atoms with Crippen molar-refractivity contribution in [1.82, 2.24) is 10.4 Å². The summed E-state index contributed by atoms with van der Waals surface area (Å²) in [6.45, 7) is 2.08. The second-order valence-electron chi connectivity index (χ2n) is 5.39. The van der Waals surface area contributed by atoms with Gasteiger partial charge in [0.05, 0.1) is 11.0 Å². The molecule has 0 bridgehead atoms. The van der Waals surface area contributed by atoms with Crippen LogP contribution < -0.4 is 11.3 Å². The highest BCUT2D eigenvalue weighted by molar-refractivity contribution is 7.92. The van der Waals surface area contributed by atoms with E-state index in [-0.39, 0.29) is 11.8 Å². The quantitative estimate of drug-likeness (QED) is 0.625. The Balaban J connectivity index is 2.11. The molecule has 2 heterocycles. The van der Waals surface area contributed by atoms with Crippen LogP contribution in [0.4, 0.5) is 0 Å². The van der Waals surface area contributed by atoms with Crippen LogP contribution in [-0.4, -0.2) is 30.4 Å². The number of pyridine rings is 1. The Kier molecular flexibility index (Phi) is 5.12. The molecule has 2 unspecified atom stereocenters. The van der Waals surface area contributed by atoms with Crippen molar-refractivity contribution in [2.75, 3.05) is 5.75 Å². The van der Waals surface area contributed by atoms with E-state index >= 15 is 0 Å². The summed E-state index contributed by atoms with van der Waals surface area (Å²) >= 11 is 0. The van der Waals surface area contributed by atoms with Gasteiger partial charge in [-0.25, -0.2) is 8.42 Å². The van der Waals surface area contributed by atoms with Gasteiger partial charge in [0.15, 0.2) is 9.84 Å². The summed E-state index contributed by atoms with van der Waals surface area (Å²) < 4.78 is 24.3. The Bertz CT molecular complexity index is 528. The number of hydrazine groups is 1. The van der Waals surface area contributed by atoms with Crippen molar-refractivity contribution in [2.45, 2.75) is 50.3 Å². The van der Waals surface area contributed by atoms with E-state index in [1.165, 1.54) is 5.56 Å². The van der Waals surface area contributed by atoms with Crippen molar-refractivity contribution >= 4 is 9.84 Å². The van der Waals surface area contributed by atoms with E-state index in [2.05, 4.69) is 17.3 Å². The average Bonchev–Trinajstić information content (AvgIpc) is 2.45. The number of nitrogens with one attached hydrogen (secondary N) is 1. The minimum atomic E-state index is -3.04. The van der Waals surface area contributed by atoms with Crippen molar-refractivity contribution in [3.63, 3.8) is 0 Å². The van der Waals surface area contributed by atoms with Gasteiger partial charge in [0.2, 0.25) is 0 Å². The fourth-order valence-electron chi connectivity index (χ4n) is 2.74. The Morgan fingerprint density at radius 3 is 2.80 bits per heavy atom. The molecule has 1 saturated heterocycles. The lowest BCUT2D eigenvalue weighted by atomic mass is 10.0. The highest BCUT2D eigenvalue weighted by atomic mass is 32.2. The van der Waals surface area contributed by atoms with Gasteiger partial charge < -0.3 is 0 Å². The van der Waals surface area contributed by atoms with Crippen LogP contribution in [-0.2, 0) is 22.7 Å². The highest BCUT2D eigenvalue weighted by Gasteiger charge is 2.35. The number of aryl methyl sites for hydroxylation is 1. The third kappa shape index (κ3) is 3.56. The van der Waals surface area contributed by atoms with E-state index in [9.17, 15) is 8.42 Å². The van der Waals surface area contributed by atoms with E-state index in [0.717, 1.165) is 25.0 Å². The highest BCUT2D eigenvalue weighted by Crippen LogP contribution is 2.23. The number of sulfone groups is 1. The molecule has 1 aliphatic heterocycles. The molecule has 0 spiro atoms. The Morgan fingerprint density at radius 2 is 2.25 bits per heavy atom. The zero-order chi connectivity index (χ0) is 14.6. The first-order chi connectivity index (χ1) is 9.56. The summed E-state index contributed by atoms with van der Waals surface area (Å²) in [6.07, 6.45) is 5.74. The molecule has 3 N–H and O–H groups in total. The second kappa shape index (κ2) is 6.65. The Morgan fingerprint density at radius 1 is 1.45 bits per heavy atom. The van der Waals surface area contributed by atoms with Crippen LogP contribution in [0.25, 0.3) is 0 Å². The third-order valence-corrected chi connectivity index (χ3v) is 6.36. The molecule has 1 aliphatic rings. The summed E-state index contributed by atoms with van der Waals surface area (Å²) in [6, 6.07) is 3.73. The number of rotatable bonds is 5. The molecular weight excluding hydrogens is 274 g/mol.